The molecule has 1 aromatic carbocycles. The number of nitrogens with zero attached hydrogens (tertiary/aromatic N) is 2. The summed E-state index contributed by atoms with van der Waals surface area (Å²) in [4.78, 5) is 22.4. The van der Waals surface area contributed by atoms with Gasteiger partial charge < -0.3 is 10.1 Å². The van der Waals surface area contributed by atoms with E-state index in [4.69, 9.17) is 11.6 Å². The van der Waals surface area contributed by atoms with E-state index in [1.54, 1.807) is 30.1 Å². The second-order valence-electron chi connectivity index (χ2n) is 3.64. The number of halogens is 1. The summed E-state index contributed by atoms with van der Waals surface area (Å²) in [5.41, 5.74) is 1.05. The van der Waals surface area contributed by atoms with Gasteiger partial charge in [0.25, 0.3) is 0 Å². The summed E-state index contributed by atoms with van der Waals surface area (Å²) in [6.45, 7) is 0. The molecule has 18 heavy (non-hydrogen) atoms. The minimum Gasteiger partial charge on any atom is -0.462 e. The van der Waals surface area contributed by atoms with E-state index in [2.05, 4.69) is 15.2 Å². The fourth-order valence-electron chi connectivity index (χ4n) is 1.53. The number of carbonyl (C=O) groups is 2. The second kappa shape index (κ2) is 4.66. The van der Waals surface area contributed by atoms with Crippen molar-refractivity contribution in [1.29, 1.82) is 0 Å². The van der Waals surface area contributed by atoms with Crippen molar-refractivity contribution in [1.82, 2.24) is 9.78 Å². The molecule has 2 aromatic rings. The summed E-state index contributed by atoms with van der Waals surface area (Å²) in [5.74, 6) is -1.85. The molecule has 0 radical (unpaired) electrons. The Labute approximate surface area is 107 Å². The number of fused-ring (bicyclic) bond motifs is 1. The van der Waals surface area contributed by atoms with E-state index in [1.165, 1.54) is 0 Å². The van der Waals surface area contributed by atoms with Crippen LogP contribution < -0.4 is 5.32 Å². The van der Waals surface area contributed by atoms with Crippen LogP contribution in [0.25, 0.3) is 10.9 Å². The fraction of sp³-hybridized carbons (Fsp3) is 0.182. The predicted octanol–water partition coefficient (Wildman–Crippen LogP) is 1.34. The Morgan fingerprint density at radius 2 is 2.17 bits per heavy atom. The van der Waals surface area contributed by atoms with Gasteiger partial charge in [-0.25, -0.2) is 4.79 Å². The Bertz CT molecular complexity index is 636. The molecule has 0 fully saturated rings. The summed E-state index contributed by atoms with van der Waals surface area (Å²) in [7, 11) is 2.91. The molecule has 0 aliphatic heterocycles. The van der Waals surface area contributed by atoms with Crippen LogP contribution in [0.1, 0.15) is 0 Å². The molecule has 0 spiro atoms. The zero-order valence-electron chi connectivity index (χ0n) is 9.73. The number of hydrogen-bond donors (Lipinski definition) is 1. The predicted molar refractivity (Wildman–Crippen MR) is 66.4 cm³/mol. The molecular formula is C11H10ClN3O3. The molecule has 1 amide bonds. The Balaban J connectivity index is 2.36. The zero-order valence-corrected chi connectivity index (χ0v) is 10.5. The minimum atomic E-state index is -0.975. The van der Waals surface area contributed by atoms with Gasteiger partial charge in [0.1, 0.15) is 0 Å². The second-order valence-corrected chi connectivity index (χ2v) is 4.05. The molecular weight excluding hydrogens is 258 g/mol. The summed E-state index contributed by atoms with van der Waals surface area (Å²) in [6.07, 6.45) is 1.78. The molecule has 0 unspecified atom stereocenters. The maximum absolute atomic E-state index is 11.4. The van der Waals surface area contributed by atoms with Gasteiger partial charge in [0, 0.05) is 18.6 Å². The Hall–Kier alpha value is -2.08. The number of ether oxygens (including phenoxy) is 1. The molecule has 2 rings (SSSR count). The maximum atomic E-state index is 11.4. The molecule has 0 aliphatic rings. The summed E-state index contributed by atoms with van der Waals surface area (Å²) >= 11 is 5.99. The first kappa shape index (κ1) is 12.4. The van der Waals surface area contributed by atoms with Crippen LogP contribution in [0.5, 0.6) is 0 Å². The van der Waals surface area contributed by atoms with Crippen molar-refractivity contribution in [2.75, 3.05) is 12.4 Å². The van der Waals surface area contributed by atoms with Gasteiger partial charge in [-0.2, -0.15) is 5.10 Å². The average Bonchev–Trinajstić information content (AvgIpc) is 2.67. The molecule has 0 saturated carbocycles. The normalized spacial score (nSPS) is 10.4. The van der Waals surface area contributed by atoms with Crippen molar-refractivity contribution in [3.63, 3.8) is 0 Å². The summed E-state index contributed by atoms with van der Waals surface area (Å²) < 4.78 is 5.94. The number of esters is 1. The fourth-order valence-corrected chi connectivity index (χ4v) is 1.74. The van der Waals surface area contributed by atoms with Crippen LogP contribution in [-0.2, 0) is 21.4 Å². The van der Waals surface area contributed by atoms with E-state index in [0.29, 0.717) is 16.2 Å². The van der Waals surface area contributed by atoms with Crippen LogP contribution in [0.3, 0.4) is 0 Å². The van der Waals surface area contributed by atoms with E-state index in [1.807, 2.05) is 0 Å². The third kappa shape index (κ3) is 2.28. The number of amides is 1. The van der Waals surface area contributed by atoms with Gasteiger partial charge in [-0.3, -0.25) is 9.48 Å². The third-order valence-electron chi connectivity index (χ3n) is 2.33. The van der Waals surface area contributed by atoms with Gasteiger partial charge in [0.2, 0.25) is 0 Å². The number of rotatable bonds is 1. The lowest BCUT2D eigenvalue weighted by atomic mass is 10.2. The van der Waals surface area contributed by atoms with Gasteiger partial charge >= 0.3 is 11.9 Å². The number of carbonyl (C=O) groups excluding carboxylic acids is 2. The molecule has 1 aromatic heterocycles. The van der Waals surface area contributed by atoms with Crippen molar-refractivity contribution in [2.45, 2.75) is 0 Å². The van der Waals surface area contributed by atoms with Crippen molar-refractivity contribution in [3.05, 3.63) is 23.4 Å². The molecule has 0 bridgehead atoms. The minimum absolute atomic E-state index is 0.304. The lowest BCUT2D eigenvalue weighted by Crippen LogP contribution is -2.23. The molecule has 7 heteroatoms. The lowest BCUT2D eigenvalue weighted by Gasteiger charge is -2.05. The number of anilines is 1. The van der Waals surface area contributed by atoms with Gasteiger partial charge in [0.15, 0.2) is 0 Å². The maximum Gasteiger partial charge on any atom is 0.396 e. The average molecular weight is 268 g/mol. The van der Waals surface area contributed by atoms with Crippen molar-refractivity contribution in [3.8, 4) is 0 Å². The van der Waals surface area contributed by atoms with Crippen LogP contribution in [-0.4, -0.2) is 28.8 Å². The van der Waals surface area contributed by atoms with Gasteiger partial charge in [0.05, 0.1) is 23.3 Å². The zero-order chi connectivity index (χ0) is 13.3. The van der Waals surface area contributed by atoms with Crippen LogP contribution >= 0.6 is 11.6 Å². The van der Waals surface area contributed by atoms with E-state index < -0.39 is 11.9 Å². The number of aromatic nitrogens is 2. The third-order valence-corrected chi connectivity index (χ3v) is 2.64. The van der Waals surface area contributed by atoms with Crippen LogP contribution in [0, 0.1) is 0 Å². The van der Waals surface area contributed by atoms with Crippen LogP contribution in [0.2, 0.25) is 5.02 Å². The molecule has 0 aliphatic carbocycles. The van der Waals surface area contributed by atoms with Crippen molar-refractivity contribution < 1.29 is 14.3 Å². The lowest BCUT2D eigenvalue weighted by molar-refractivity contribution is -0.150. The Morgan fingerprint density at radius 1 is 1.44 bits per heavy atom. The molecule has 1 N–H and O–H groups in total. The standard InChI is InChI=1S/C11H10ClN3O3/c1-15-5-6-3-9(7(12)4-8(6)14-15)13-10(16)11(17)18-2/h3-5H,1-2H3,(H,13,16). The monoisotopic (exact) mass is 267 g/mol. The number of benzene rings is 1. The van der Waals surface area contributed by atoms with Crippen molar-refractivity contribution in [2.24, 2.45) is 7.05 Å². The highest BCUT2D eigenvalue weighted by Crippen LogP contribution is 2.27. The highest BCUT2D eigenvalue weighted by molar-refractivity contribution is 6.40. The van der Waals surface area contributed by atoms with Gasteiger partial charge in [-0.05, 0) is 12.1 Å². The molecule has 0 saturated heterocycles. The first-order valence-corrected chi connectivity index (χ1v) is 5.41. The largest absolute Gasteiger partial charge is 0.462 e. The topological polar surface area (TPSA) is 73.2 Å². The molecule has 1 heterocycles. The smallest absolute Gasteiger partial charge is 0.396 e. The highest BCUT2D eigenvalue weighted by atomic mass is 35.5. The highest BCUT2D eigenvalue weighted by Gasteiger charge is 2.16. The van der Waals surface area contributed by atoms with Crippen LogP contribution in [0.15, 0.2) is 18.3 Å². The molecule has 94 valence electrons. The van der Waals surface area contributed by atoms with E-state index in [9.17, 15) is 9.59 Å². The van der Waals surface area contributed by atoms with Crippen LogP contribution in [0.4, 0.5) is 5.69 Å². The first-order chi connectivity index (χ1) is 8.51. The Kier molecular flexibility index (Phi) is 3.20. The van der Waals surface area contributed by atoms with E-state index in [-0.39, 0.29) is 0 Å². The van der Waals surface area contributed by atoms with E-state index in [0.717, 1.165) is 12.5 Å². The molecule has 0 atom stereocenters. The Morgan fingerprint density at radius 3 is 2.83 bits per heavy atom. The summed E-state index contributed by atoms with van der Waals surface area (Å²) in [5, 5.41) is 7.66. The van der Waals surface area contributed by atoms with E-state index >= 15 is 0 Å². The molecule has 6 nitrogen and oxygen atoms in total. The number of methoxy groups -OCH3 is 1. The first-order valence-electron chi connectivity index (χ1n) is 5.03. The number of aryl methyl sites for hydroxylation is 1. The quantitative estimate of drug-likeness (QED) is 0.625. The van der Waals surface area contributed by atoms with Gasteiger partial charge in [-0.1, -0.05) is 11.6 Å². The number of hydrogen-bond acceptors (Lipinski definition) is 4. The van der Waals surface area contributed by atoms with Gasteiger partial charge in [-0.15, -0.1) is 0 Å². The SMILES string of the molecule is COC(=O)C(=O)Nc1cc2cn(C)nc2cc1Cl. The van der Waals surface area contributed by atoms with Crippen molar-refractivity contribution >= 4 is 40.1 Å². The number of nitrogens with one attached hydrogen (secondary N) is 1. The summed E-state index contributed by atoms with van der Waals surface area (Å²) in [6, 6.07) is 3.26.